The third-order valence-electron chi connectivity index (χ3n) is 6.34. The third kappa shape index (κ3) is 5.75. The zero-order chi connectivity index (χ0) is 23.4. The van der Waals surface area contributed by atoms with E-state index in [1.54, 1.807) is 43.5 Å². The molecule has 0 aromatic heterocycles. The van der Waals surface area contributed by atoms with Gasteiger partial charge in [0.15, 0.2) is 5.78 Å². The molecular formula is C26H30ClN3O3. The summed E-state index contributed by atoms with van der Waals surface area (Å²) in [5.41, 5.74) is 2.72. The van der Waals surface area contributed by atoms with Gasteiger partial charge in [-0.25, -0.2) is 0 Å². The van der Waals surface area contributed by atoms with Crippen LogP contribution in [0.25, 0.3) is 0 Å². The van der Waals surface area contributed by atoms with Crippen molar-refractivity contribution in [3.8, 4) is 0 Å². The first-order valence-electron chi connectivity index (χ1n) is 11.4. The number of nitrogens with zero attached hydrogens (tertiary/aromatic N) is 3. The van der Waals surface area contributed by atoms with Crippen LogP contribution < -0.4 is 0 Å². The molecule has 0 atom stereocenters. The van der Waals surface area contributed by atoms with Crippen molar-refractivity contribution in [2.24, 2.45) is 0 Å². The van der Waals surface area contributed by atoms with Crippen molar-refractivity contribution in [2.75, 3.05) is 40.3 Å². The highest BCUT2D eigenvalue weighted by Crippen LogP contribution is 2.32. The molecule has 1 aromatic rings. The molecule has 1 aromatic carbocycles. The number of amides is 1. The van der Waals surface area contributed by atoms with E-state index in [0.717, 1.165) is 55.9 Å². The topological polar surface area (TPSA) is 53.1 Å². The molecule has 4 rings (SSSR count). The van der Waals surface area contributed by atoms with E-state index in [1.807, 2.05) is 30.6 Å². The summed E-state index contributed by atoms with van der Waals surface area (Å²) in [6.07, 6.45) is 13.3. The van der Waals surface area contributed by atoms with Crippen LogP contribution in [0.3, 0.4) is 0 Å². The van der Waals surface area contributed by atoms with E-state index in [4.69, 9.17) is 16.3 Å². The van der Waals surface area contributed by atoms with Gasteiger partial charge in [-0.3, -0.25) is 9.59 Å². The van der Waals surface area contributed by atoms with Crippen LogP contribution in [0.15, 0.2) is 66.4 Å². The van der Waals surface area contributed by atoms with Gasteiger partial charge < -0.3 is 19.4 Å². The van der Waals surface area contributed by atoms with Crippen LogP contribution in [0, 0.1) is 0 Å². The van der Waals surface area contributed by atoms with Crippen molar-refractivity contribution < 1.29 is 14.3 Å². The Labute approximate surface area is 200 Å². The maximum Gasteiger partial charge on any atom is 0.253 e. The number of likely N-dealkylation sites (tertiary alicyclic amines) is 1. The molecule has 0 bridgehead atoms. The molecule has 174 valence electrons. The zero-order valence-corrected chi connectivity index (χ0v) is 19.9. The molecule has 1 saturated heterocycles. The van der Waals surface area contributed by atoms with Gasteiger partial charge in [0.1, 0.15) is 12.0 Å². The van der Waals surface area contributed by atoms with Crippen LogP contribution in [0.5, 0.6) is 0 Å². The fourth-order valence-corrected chi connectivity index (χ4v) is 4.66. The van der Waals surface area contributed by atoms with Crippen LogP contribution in [0.4, 0.5) is 0 Å². The monoisotopic (exact) mass is 467 g/mol. The van der Waals surface area contributed by atoms with Crippen molar-refractivity contribution in [1.29, 1.82) is 0 Å². The van der Waals surface area contributed by atoms with Crippen molar-refractivity contribution in [2.45, 2.75) is 25.2 Å². The second-order valence-corrected chi connectivity index (χ2v) is 9.31. The highest BCUT2D eigenvalue weighted by Gasteiger charge is 2.25. The van der Waals surface area contributed by atoms with E-state index < -0.39 is 0 Å². The van der Waals surface area contributed by atoms with Gasteiger partial charge in [0, 0.05) is 62.2 Å². The molecule has 7 heteroatoms. The Morgan fingerprint density at radius 2 is 2.00 bits per heavy atom. The van der Waals surface area contributed by atoms with E-state index >= 15 is 0 Å². The molecule has 0 unspecified atom stereocenters. The minimum absolute atomic E-state index is 0.00176. The smallest absolute Gasteiger partial charge is 0.253 e. The Bertz CT molecular complexity index is 1030. The number of benzene rings is 1. The molecule has 0 saturated carbocycles. The quantitative estimate of drug-likeness (QED) is 0.623. The molecule has 3 aliphatic rings. The second kappa shape index (κ2) is 10.4. The number of piperidine rings is 1. The van der Waals surface area contributed by atoms with Crippen LogP contribution in [0.1, 0.15) is 41.1 Å². The number of allylic oxidation sites excluding steroid dienone is 4. The molecule has 33 heavy (non-hydrogen) atoms. The van der Waals surface area contributed by atoms with Gasteiger partial charge in [0.05, 0.1) is 0 Å². The Morgan fingerprint density at radius 3 is 2.73 bits per heavy atom. The van der Waals surface area contributed by atoms with E-state index in [0.29, 0.717) is 22.9 Å². The number of hydrogen-bond donors (Lipinski definition) is 0. The maximum atomic E-state index is 12.7. The van der Waals surface area contributed by atoms with Gasteiger partial charge in [-0.15, -0.1) is 0 Å². The number of hydrogen-bond acceptors (Lipinski definition) is 5. The summed E-state index contributed by atoms with van der Waals surface area (Å²) in [4.78, 5) is 30.5. The summed E-state index contributed by atoms with van der Waals surface area (Å²) in [7, 11) is 3.55. The largest absolute Gasteiger partial charge is 0.462 e. The molecule has 2 aliphatic heterocycles. The van der Waals surface area contributed by atoms with Crippen LogP contribution in [-0.2, 0) is 9.53 Å². The predicted molar refractivity (Wildman–Crippen MR) is 130 cm³/mol. The lowest BCUT2D eigenvalue weighted by Gasteiger charge is -2.34. The summed E-state index contributed by atoms with van der Waals surface area (Å²) in [6.45, 7) is 3.75. The van der Waals surface area contributed by atoms with Crippen LogP contribution in [0.2, 0.25) is 5.02 Å². The average molecular weight is 468 g/mol. The van der Waals surface area contributed by atoms with E-state index in [-0.39, 0.29) is 11.7 Å². The van der Waals surface area contributed by atoms with Gasteiger partial charge in [-0.1, -0.05) is 29.8 Å². The lowest BCUT2D eigenvalue weighted by molar-refractivity contribution is -0.114. The summed E-state index contributed by atoms with van der Waals surface area (Å²) in [5.74, 6) is 1.18. The first-order valence-corrected chi connectivity index (χ1v) is 11.7. The molecule has 6 nitrogen and oxygen atoms in total. The SMILES string of the molecule is CN(C)C(=O)c1cc(Cl)ccc1C1CCN(CCN2C=COC(C3=CC=CC(=O)C3)=C2)CC1. The Kier molecular flexibility index (Phi) is 7.36. The first kappa shape index (κ1) is 23.3. The van der Waals surface area contributed by atoms with Crippen molar-refractivity contribution in [3.63, 3.8) is 0 Å². The van der Waals surface area contributed by atoms with Crippen molar-refractivity contribution in [1.82, 2.24) is 14.7 Å². The second-order valence-electron chi connectivity index (χ2n) is 8.88. The summed E-state index contributed by atoms with van der Waals surface area (Å²) in [5, 5.41) is 0.594. The zero-order valence-electron chi connectivity index (χ0n) is 19.2. The minimum Gasteiger partial charge on any atom is -0.462 e. The highest BCUT2D eigenvalue weighted by molar-refractivity contribution is 6.31. The molecule has 1 aliphatic carbocycles. The van der Waals surface area contributed by atoms with Gasteiger partial charge in [-0.2, -0.15) is 0 Å². The normalized spacial score (nSPS) is 19.2. The number of halogens is 1. The number of carbonyl (C=O) groups excluding carboxylic acids is 2. The van der Waals surface area contributed by atoms with E-state index in [9.17, 15) is 9.59 Å². The Morgan fingerprint density at radius 1 is 1.21 bits per heavy atom. The fraction of sp³-hybridized carbons (Fsp3) is 0.385. The summed E-state index contributed by atoms with van der Waals surface area (Å²) >= 11 is 6.18. The molecule has 2 heterocycles. The van der Waals surface area contributed by atoms with E-state index in [1.165, 1.54) is 0 Å². The number of rotatable bonds is 6. The third-order valence-corrected chi connectivity index (χ3v) is 6.58. The lowest BCUT2D eigenvalue weighted by atomic mass is 9.86. The number of carbonyl (C=O) groups is 2. The van der Waals surface area contributed by atoms with Crippen molar-refractivity contribution >= 4 is 23.3 Å². The van der Waals surface area contributed by atoms with E-state index in [2.05, 4.69) is 9.80 Å². The minimum atomic E-state index is 0.00176. The fourth-order valence-electron chi connectivity index (χ4n) is 4.49. The van der Waals surface area contributed by atoms with Gasteiger partial charge >= 0.3 is 0 Å². The van der Waals surface area contributed by atoms with Gasteiger partial charge in [0.2, 0.25) is 0 Å². The Balaban J connectivity index is 1.32. The molecule has 1 fully saturated rings. The molecule has 0 radical (unpaired) electrons. The standard InChI is InChI=1S/C26H30ClN3O3/c1-28(2)26(32)24-17-21(27)6-7-23(24)19-8-10-29(11-9-19)12-13-30-14-15-33-25(18-30)20-4-3-5-22(31)16-20/h3-7,14-15,17-19H,8-13,16H2,1-2H3. The maximum absolute atomic E-state index is 12.7. The highest BCUT2D eigenvalue weighted by atomic mass is 35.5. The molecule has 0 spiro atoms. The van der Waals surface area contributed by atoms with Crippen LogP contribution in [-0.4, -0.2) is 66.7 Å². The summed E-state index contributed by atoms with van der Waals surface area (Å²) < 4.78 is 5.64. The predicted octanol–water partition coefficient (Wildman–Crippen LogP) is 4.32. The molecule has 0 N–H and O–H groups in total. The average Bonchev–Trinajstić information content (AvgIpc) is 2.83. The molecular weight excluding hydrogens is 438 g/mol. The van der Waals surface area contributed by atoms with Crippen molar-refractivity contribution in [3.05, 3.63) is 82.6 Å². The lowest BCUT2D eigenvalue weighted by Crippen LogP contribution is -2.38. The van der Waals surface area contributed by atoms with Crippen LogP contribution >= 0.6 is 11.6 Å². The molecule has 1 amide bonds. The number of ether oxygens (including phenoxy) is 1. The first-order chi connectivity index (χ1) is 15.9. The van der Waals surface area contributed by atoms with Gasteiger partial charge in [0.25, 0.3) is 5.91 Å². The van der Waals surface area contributed by atoms with Gasteiger partial charge in [-0.05, 0) is 55.6 Å². The summed E-state index contributed by atoms with van der Waals surface area (Å²) in [6, 6.07) is 5.70. The number of ketones is 1. The Hall–Kier alpha value is -2.83.